The molecule has 0 radical (unpaired) electrons. The second kappa shape index (κ2) is 8.42. The van der Waals surface area contributed by atoms with Crippen LogP contribution < -0.4 is 10.6 Å². The molecule has 0 spiro atoms. The third-order valence-corrected chi connectivity index (χ3v) is 3.77. The molecular formula is C17H18ClN3O3. The number of amides is 2. The normalized spacial score (nSPS) is 10.3. The van der Waals surface area contributed by atoms with Crippen LogP contribution in [0, 0.1) is 6.92 Å². The number of aromatic nitrogens is 1. The highest BCUT2D eigenvalue weighted by atomic mass is 35.5. The molecule has 1 aromatic heterocycles. The zero-order valence-corrected chi connectivity index (χ0v) is 14.2. The molecule has 6 nitrogen and oxygen atoms in total. The molecule has 0 bridgehead atoms. The number of pyridine rings is 1. The van der Waals surface area contributed by atoms with Crippen molar-refractivity contribution in [3.8, 4) is 0 Å². The summed E-state index contributed by atoms with van der Waals surface area (Å²) in [6.45, 7) is 2.59. The van der Waals surface area contributed by atoms with Crippen LogP contribution in [0.1, 0.15) is 26.4 Å². The van der Waals surface area contributed by atoms with Crippen LogP contribution in [0.2, 0.25) is 5.02 Å². The van der Waals surface area contributed by atoms with Gasteiger partial charge in [0.05, 0.1) is 6.61 Å². The monoisotopic (exact) mass is 347 g/mol. The van der Waals surface area contributed by atoms with Crippen LogP contribution in [0.4, 0.5) is 5.69 Å². The highest BCUT2D eigenvalue weighted by Gasteiger charge is 2.13. The Bertz CT molecular complexity index is 750. The van der Waals surface area contributed by atoms with Gasteiger partial charge in [-0.3, -0.25) is 14.6 Å². The van der Waals surface area contributed by atoms with Crippen LogP contribution in [-0.4, -0.2) is 37.1 Å². The minimum absolute atomic E-state index is 0.168. The Morgan fingerprint density at radius 2 is 2.04 bits per heavy atom. The predicted molar refractivity (Wildman–Crippen MR) is 92.6 cm³/mol. The van der Waals surface area contributed by atoms with E-state index in [4.69, 9.17) is 16.3 Å². The molecule has 2 N–H and O–H groups in total. The SMILES string of the molecule is COCCNC(=O)c1cc(C(=O)Nc2cccc(Cl)c2C)ccn1. The number of benzene rings is 1. The average Bonchev–Trinajstić information content (AvgIpc) is 2.59. The number of anilines is 1. The Balaban J connectivity index is 2.11. The molecule has 0 saturated carbocycles. The van der Waals surface area contributed by atoms with Crippen LogP contribution in [0.5, 0.6) is 0 Å². The number of rotatable bonds is 6. The Hall–Kier alpha value is -2.44. The van der Waals surface area contributed by atoms with Crippen LogP contribution in [0.3, 0.4) is 0 Å². The van der Waals surface area contributed by atoms with Crippen LogP contribution in [-0.2, 0) is 4.74 Å². The maximum Gasteiger partial charge on any atom is 0.269 e. The molecular weight excluding hydrogens is 330 g/mol. The number of carbonyl (C=O) groups excluding carboxylic acids is 2. The first-order valence-electron chi connectivity index (χ1n) is 7.32. The molecule has 0 fully saturated rings. The summed E-state index contributed by atoms with van der Waals surface area (Å²) in [4.78, 5) is 28.3. The molecule has 1 heterocycles. The van der Waals surface area contributed by atoms with Gasteiger partial charge in [-0.2, -0.15) is 0 Å². The summed E-state index contributed by atoms with van der Waals surface area (Å²) >= 11 is 6.05. The standard InChI is InChI=1S/C17H18ClN3O3/c1-11-13(18)4-3-5-14(11)21-16(22)12-6-7-19-15(10-12)17(23)20-8-9-24-2/h3-7,10H,8-9H2,1-2H3,(H,20,23)(H,21,22). The van der Waals surface area contributed by atoms with E-state index in [9.17, 15) is 9.59 Å². The molecule has 24 heavy (non-hydrogen) atoms. The summed E-state index contributed by atoms with van der Waals surface area (Å²) in [5, 5.41) is 6.01. The highest BCUT2D eigenvalue weighted by Crippen LogP contribution is 2.23. The van der Waals surface area contributed by atoms with Gasteiger partial charge in [-0.15, -0.1) is 0 Å². The topological polar surface area (TPSA) is 80.3 Å². The van der Waals surface area contributed by atoms with Gasteiger partial charge in [0.15, 0.2) is 0 Å². The van der Waals surface area contributed by atoms with Crippen molar-refractivity contribution in [3.63, 3.8) is 0 Å². The Kier molecular flexibility index (Phi) is 6.28. The highest BCUT2D eigenvalue weighted by molar-refractivity contribution is 6.31. The maximum atomic E-state index is 12.4. The lowest BCUT2D eigenvalue weighted by atomic mass is 10.1. The number of nitrogens with zero attached hydrogens (tertiary/aromatic N) is 1. The van der Waals surface area contributed by atoms with Gasteiger partial charge >= 0.3 is 0 Å². The first-order valence-corrected chi connectivity index (χ1v) is 7.70. The van der Waals surface area contributed by atoms with Gasteiger partial charge in [-0.05, 0) is 36.8 Å². The third kappa shape index (κ3) is 4.53. The first kappa shape index (κ1) is 17.9. The van der Waals surface area contributed by atoms with E-state index in [1.165, 1.54) is 12.3 Å². The van der Waals surface area contributed by atoms with Crippen LogP contribution >= 0.6 is 11.6 Å². The maximum absolute atomic E-state index is 12.4. The molecule has 0 atom stereocenters. The van der Waals surface area contributed by atoms with Gasteiger partial charge < -0.3 is 15.4 Å². The molecule has 0 aliphatic rings. The van der Waals surface area contributed by atoms with Gasteiger partial charge in [0, 0.05) is 36.1 Å². The van der Waals surface area contributed by atoms with Gasteiger partial charge in [0.1, 0.15) is 5.69 Å². The van der Waals surface area contributed by atoms with E-state index < -0.39 is 0 Å². The van der Waals surface area contributed by atoms with Crippen LogP contribution in [0.25, 0.3) is 0 Å². The van der Waals surface area contributed by atoms with Crippen molar-refractivity contribution in [2.75, 3.05) is 25.6 Å². The fourth-order valence-corrected chi connectivity index (χ4v) is 2.17. The zero-order valence-electron chi connectivity index (χ0n) is 13.4. The van der Waals surface area contributed by atoms with Crippen molar-refractivity contribution in [2.45, 2.75) is 6.92 Å². The zero-order chi connectivity index (χ0) is 17.5. The van der Waals surface area contributed by atoms with E-state index in [1.54, 1.807) is 31.4 Å². The molecule has 7 heteroatoms. The molecule has 0 aliphatic heterocycles. The van der Waals surface area contributed by atoms with Crippen molar-refractivity contribution in [3.05, 3.63) is 58.4 Å². The Morgan fingerprint density at radius 1 is 1.25 bits per heavy atom. The lowest BCUT2D eigenvalue weighted by Crippen LogP contribution is -2.28. The minimum Gasteiger partial charge on any atom is -0.383 e. The summed E-state index contributed by atoms with van der Waals surface area (Å²) in [5.41, 5.74) is 1.90. The molecule has 0 saturated heterocycles. The number of hydrogen-bond acceptors (Lipinski definition) is 4. The molecule has 2 rings (SSSR count). The fourth-order valence-electron chi connectivity index (χ4n) is 1.99. The second-order valence-electron chi connectivity index (χ2n) is 5.04. The van der Waals surface area contributed by atoms with E-state index in [1.807, 2.05) is 6.92 Å². The quantitative estimate of drug-likeness (QED) is 0.787. The van der Waals surface area contributed by atoms with Crippen LogP contribution in [0.15, 0.2) is 36.5 Å². The van der Waals surface area contributed by atoms with Crippen molar-refractivity contribution < 1.29 is 14.3 Å². The third-order valence-electron chi connectivity index (χ3n) is 3.36. The first-order chi connectivity index (χ1) is 11.5. The molecule has 0 unspecified atom stereocenters. The number of carbonyl (C=O) groups is 2. The Morgan fingerprint density at radius 3 is 2.79 bits per heavy atom. The number of nitrogens with one attached hydrogen (secondary N) is 2. The molecule has 0 aliphatic carbocycles. The smallest absolute Gasteiger partial charge is 0.269 e. The lowest BCUT2D eigenvalue weighted by Gasteiger charge is -2.10. The molecule has 2 aromatic rings. The Labute approximate surface area is 145 Å². The van der Waals surface area contributed by atoms with E-state index in [0.29, 0.717) is 29.4 Å². The molecule has 1 aromatic carbocycles. The van der Waals surface area contributed by atoms with Crippen molar-refractivity contribution in [1.82, 2.24) is 10.3 Å². The van der Waals surface area contributed by atoms with Gasteiger partial charge in [-0.25, -0.2) is 0 Å². The average molecular weight is 348 g/mol. The number of hydrogen-bond donors (Lipinski definition) is 2. The predicted octanol–water partition coefficient (Wildman–Crippen LogP) is 2.67. The van der Waals surface area contributed by atoms with Gasteiger partial charge in [0.25, 0.3) is 11.8 Å². The number of methoxy groups -OCH3 is 1. The summed E-state index contributed by atoms with van der Waals surface area (Å²) in [6, 6.07) is 8.25. The van der Waals surface area contributed by atoms with Crippen molar-refractivity contribution in [2.24, 2.45) is 0 Å². The van der Waals surface area contributed by atoms with Gasteiger partial charge in [0.2, 0.25) is 0 Å². The molecule has 126 valence electrons. The number of ether oxygens (including phenoxy) is 1. The second-order valence-corrected chi connectivity index (χ2v) is 5.45. The van der Waals surface area contributed by atoms with E-state index >= 15 is 0 Å². The van der Waals surface area contributed by atoms with E-state index in [0.717, 1.165) is 5.56 Å². The van der Waals surface area contributed by atoms with E-state index in [-0.39, 0.29) is 17.5 Å². The molecule has 2 amide bonds. The van der Waals surface area contributed by atoms with Gasteiger partial charge in [-0.1, -0.05) is 17.7 Å². The summed E-state index contributed by atoms with van der Waals surface area (Å²) in [6.07, 6.45) is 1.42. The lowest BCUT2D eigenvalue weighted by molar-refractivity contribution is 0.0932. The largest absolute Gasteiger partial charge is 0.383 e. The fraction of sp³-hybridized carbons (Fsp3) is 0.235. The summed E-state index contributed by atoms with van der Waals surface area (Å²) in [5.74, 6) is -0.700. The van der Waals surface area contributed by atoms with Crippen molar-refractivity contribution in [1.29, 1.82) is 0 Å². The summed E-state index contributed by atoms with van der Waals surface area (Å²) < 4.78 is 4.87. The van der Waals surface area contributed by atoms with Crippen molar-refractivity contribution >= 4 is 29.1 Å². The number of halogens is 1. The summed E-state index contributed by atoms with van der Waals surface area (Å²) in [7, 11) is 1.55. The minimum atomic E-state index is -0.361. The van der Waals surface area contributed by atoms with E-state index in [2.05, 4.69) is 15.6 Å².